The van der Waals surface area contributed by atoms with E-state index in [9.17, 15) is 5.11 Å². The summed E-state index contributed by atoms with van der Waals surface area (Å²) in [6.45, 7) is 0. The van der Waals surface area contributed by atoms with Gasteiger partial charge in [-0.05, 0) is 22.4 Å². The van der Waals surface area contributed by atoms with Gasteiger partial charge in [0.1, 0.15) is 6.10 Å². The molecule has 3 rings (SSSR count). The molecule has 3 aromatic rings. The third kappa shape index (κ3) is 1.79. The molecule has 1 heterocycles. The Balaban J connectivity index is 2.07. The Kier molecular flexibility index (Phi) is 2.61. The van der Waals surface area contributed by atoms with Crippen molar-refractivity contribution in [3.05, 3.63) is 66.2 Å². The monoisotopic (exact) mass is 238 g/mol. The van der Waals surface area contributed by atoms with E-state index in [1.807, 2.05) is 41.9 Å². The maximum Gasteiger partial charge on any atom is 0.121 e. The summed E-state index contributed by atoms with van der Waals surface area (Å²) in [5, 5.41) is 12.7. The molecule has 0 fully saturated rings. The number of fused-ring (bicyclic) bond motifs is 1. The second kappa shape index (κ2) is 4.27. The maximum atomic E-state index is 10.4. The zero-order valence-electron chi connectivity index (χ0n) is 10.1. The number of hydrogen-bond acceptors (Lipinski definition) is 2. The van der Waals surface area contributed by atoms with Gasteiger partial charge in [0.25, 0.3) is 0 Å². The van der Waals surface area contributed by atoms with Gasteiger partial charge in [-0.15, -0.1) is 0 Å². The maximum absolute atomic E-state index is 10.4. The highest BCUT2D eigenvalue weighted by atomic mass is 16.3. The van der Waals surface area contributed by atoms with Gasteiger partial charge in [0.05, 0.1) is 18.2 Å². The largest absolute Gasteiger partial charge is 0.382 e. The molecule has 0 aliphatic carbocycles. The van der Waals surface area contributed by atoms with Crippen LogP contribution in [-0.4, -0.2) is 14.7 Å². The number of aryl methyl sites for hydroxylation is 1. The fourth-order valence-electron chi connectivity index (χ4n) is 2.18. The average molecular weight is 238 g/mol. The van der Waals surface area contributed by atoms with Crippen LogP contribution >= 0.6 is 0 Å². The Morgan fingerprint density at radius 1 is 1.11 bits per heavy atom. The fraction of sp³-hybridized carbons (Fsp3) is 0.133. The first-order valence-electron chi connectivity index (χ1n) is 5.89. The summed E-state index contributed by atoms with van der Waals surface area (Å²) >= 11 is 0. The minimum atomic E-state index is -0.637. The minimum Gasteiger partial charge on any atom is -0.382 e. The van der Waals surface area contributed by atoms with Crippen LogP contribution < -0.4 is 0 Å². The predicted molar refractivity (Wildman–Crippen MR) is 71.2 cm³/mol. The number of aromatic nitrogens is 2. The van der Waals surface area contributed by atoms with Gasteiger partial charge in [0, 0.05) is 7.05 Å². The van der Waals surface area contributed by atoms with Crippen molar-refractivity contribution in [3.8, 4) is 0 Å². The quantitative estimate of drug-likeness (QED) is 0.745. The average Bonchev–Trinajstić information content (AvgIpc) is 2.83. The van der Waals surface area contributed by atoms with Gasteiger partial charge >= 0.3 is 0 Å². The lowest BCUT2D eigenvalue weighted by atomic mass is 10.0. The molecule has 3 nitrogen and oxygen atoms in total. The van der Waals surface area contributed by atoms with Crippen LogP contribution in [0.1, 0.15) is 17.4 Å². The molecule has 1 atom stereocenters. The number of imidazole rings is 1. The molecule has 18 heavy (non-hydrogen) atoms. The summed E-state index contributed by atoms with van der Waals surface area (Å²) in [6, 6.07) is 14.1. The molecule has 0 bridgehead atoms. The van der Waals surface area contributed by atoms with Crippen molar-refractivity contribution < 1.29 is 5.11 Å². The molecule has 0 aliphatic heterocycles. The van der Waals surface area contributed by atoms with Crippen molar-refractivity contribution in [1.82, 2.24) is 9.55 Å². The Hall–Kier alpha value is -2.13. The van der Waals surface area contributed by atoms with Crippen LogP contribution in [0.15, 0.2) is 55.0 Å². The lowest BCUT2D eigenvalue weighted by molar-refractivity contribution is 0.211. The molecular formula is C15H14N2O. The predicted octanol–water partition coefficient (Wildman–Crippen LogP) is 2.66. The number of aliphatic hydroxyl groups is 1. The van der Waals surface area contributed by atoms with Crippen LogP contribution in [0.2, 0.25) is 0 Å². The van der Waals surface area contributed by atoms with Crippen molar-refractivity contribution in [2.24, 2.45) is 7.05 Å². The van der Waals surface area contributed by atoms with Crippen molar-refractivity contribution in [1.29, 1.82) is 0 Å². The van der Waals surface area contributed by atoms with E-state index in [-0.39, 0.29) is 0 Å². The lowest BCUT2D eigenvalue weighted by Gasteiger charge is -2.12. The number of nitrogens with zero attached hydrogens (tertiary/aromatic N) is 2. The van der Waals surface area contributed by atoms with Crippen LogP contribution in [-0.2, 0) is 7.05 Å². The van der Waals surface area contributed by atoms with Gasteiger partial charge in [-0.1, -0.05) is 36.4 Å². The minimum absolute atomic E-state index is 0.637. The van der Waals surface area contributed by atoms with Crippen molar-refractivity contribution >= 4 is 10.8 Å². The van der Waals surface area contributed by atoms with E-state index in [1.54, 1.807) is 12.5 Å². The van der Waals surface area contributed by atoms with E-state index in [0.29, 0.717) is 0 Å². The van der Waals surface area contributed by atoms with Crippen LogP contribution in [0, 0.1) is 0 Å². The molecule has 2 aromatic carbocycles. The highest BCUT2D eigenvalue weighted by molar-refractivity contribution is 5.83. The summed E-state index contributed by atoms with van der Waals surface area (Å²) in [5.41, 5.74) is 1.68. The Bertz CT molecular complexity index is 688. The second-order valence-corrected chi connectivity index (χ2v) is 4.44. The molecule has 0 spiro atoms. The molecule has 90 valence electrons. The van der Waals surface area contributed by atoms with Crippen LogP contribution in [0.5, 0.6) is 0 Å². The summed E-state index contributed by atoms with van der Waals surface area (Å²) in [4.78, 5) is 4.03. The van der Waals surface area contributed by atoms with Gasteiger partial charge in [-0.2, -0.15) is 0 Å². The number of benzene rings is 2. The summed E-state index contributed by atoms with van der Waals surface area (Å²) in [5.74, 6) is 0. The van der Waals surface area contributed by atoms with E-state index >= 15 is 0 Å². The fourth-order valence-corrected chi connectivity index (χ4v) is 2.18. The third-order valence-electron chi connectivity index (χ3n) is 3.22. The van der Waals surface area contributed by atoms with Crippen LogP contribution in [0.25, 0.3) is 10.8 Å². The standard InChI is InChI=1S/C15H14N2O/c1-17-10-16-9-14(17)15(18)13-7-6-11-4-2-3-5-12(11)8-13/h2-10,15,18H,1H3. The van der Waals surface area contributed by atoms with Gasteiger partial charge in [0.2, 0.25) is 0 Å². The summed E-state index contributed by atoms with van der Waals surface area (Å²) in [7, 11) is 1.88. The SMILES string of the molecule is Cn1cncc1C(O)c1ccc2ccccc2c1. The van der Waals surface area contributed by atoms with Gasteiger partial charge in [0.15, 0.2) is 0 Å². The molecule has 0 amide bonds. The van der Waals surface area contributed by atoms with Crippen molar-refractivity contribution in [2.45, 2.75) is 6.10 Å². The molecular weight excluding hydrogens is 224 g/mol. The molecule has 0 aliphatic rings. The number of aliphatic hydroxyl groups excluding tert-OH is 1. The zero-order chi connectivity index (χ0) is 12.5. The zero-order valence-corrected chi connectivity index (χ0v) is 10.1. The smallest absolute Gasteiger partial charge is 0.121 e. The third-order valence-corrected chi connectivity index (χ3v) is 3.22. The van der Waals surface area contributed by atoms with E-state index in [2.05, 4.69) is 17.1 Å². The first kappa shape index (κ1) is 11.0. The highest BCUT2D eigenvalue weighted by Crippen LogP contribution is 2.24. The van der Waals surface area contributed by atoms with Gasteiger partial charge in [-0.3, -0.25) is 0 Å². The van der Waals surface area contributed by atoms with Crippen molar-refractivity contribution in [2.75, 3.05) is 0 Å². The number of rotatable bonds is 2. The first-order chi connectivity index (χ1) is 8.75. The Labute approximate surface area is 105 Å². The van der Waals surface area contributed by atoms with Crippen LogP contribution in [0.3, 0.4) is 0 Å². The molecule has 0 radical (unpaired) electrons. The Morgan fingerprint density at radius 2 is 1.89 bits per heavy atom. The van der Waals surface area contributed by atoms with E-state index in [0.717, 1.165) is 16.6 Å². The molecule has 1 N–H and O–H groups in total. The molecule has 0 saturated carbocycles. The highest BCUT2D eigenvalue weighted by Gasteiger charge is 2.13. The van der Waals surface area contributed by atoms with Gasteiger partial charge in [-0.25, -0.2) is 4.98 Å². The summed E-state index contributed by atoms with van der Waals surface area (Å²) in [6.07, 6.45) is 2.75. The molecule has 1 unspecified atom stereocenters. The normalized spacial score (nSPS) is 12.8. The molecule has 3 heteroatoms. The molecule has 1 aromatic heterocycles. The number of hydrogen-bond donors (Lipinski definition) is 1. The van der Waals surface area contributed by atoms with Crippen molar-refractivity contribution in [3.63, 3.8) is 0 Å². The van der Waals surface area contributed by atoms with E-state index in [1.165, 1.54) is 5.39 Å². The molecule has 0 saturated heterocycles. The second-order valence-electron chi connectivity index (χ2n) is 4.44. The topological polar surface area (TPSA) is 38.0 Å². The lowest BCUT2D eigenvalue weighted by Crippen LogP contribution is -2.04. The van der Waals surface area contributed by atoms with Crippen LogP contribution in [0.4, 0.5) is 0 Å². The Morgan fingerprint density at radius 3 is 2.61 bits per heavy atom. The summed E-state index contributed by atoms with van der Waals surface area (Å²) < 4.78 is 1.83. The van der Waals surface area contributed by atoms with E-state index in [4.69, 9.17) is 0 Å². The van der Waals surface area contributed by atoms with E-state index < -0.39 is 6.10 Å². The van der Waals surface area contributed by atoms with Gasteiger partial charge < -0.3 is 9.67 Å². The first-order valence-corrected chi connectivity index (χ1v) is 5.89.